The van der Waals surface area contributed by atoms with Crippen LogP contribution in [0.3, 0.4) is 0 Å². The van der Waals surface area contributed by atoms with Crippen molar-refractivity contribution >= 4 is 17.3 Å². The van der Waals surface area contributed by atoms with Crippen LogP contribution in [0.2, 0.25) is 0 Å². The van der Waals surface area contributed by atoms with Crippen LogP contribution in [0, 0.1) is 5.95 Å². The van der Waals surface area contributed by atoms with E-state index in [4.69, 9.17) is 0 Å². The molecule has 2 aromatic heterocycles. The minimum Gasteiger partial charge on any atom is -0.345 e. The highest BCUT2D eigenvalue weighted by atomic mass is 19.1. The molecule has 0 saturated carbocycles. The molecule has 12 heavy (non-hydrogen) atoms. The van der Waals surface area contributed by atoms with E-state index in [1.807, 2.05) is 0 Å². The van der Waals surface area contributed by atoms with E-state index in [1.165, 1.54) is 18.3 Å². The summed E-state index contributed by atoms with van der Waals surface area (Å²) in [5.41, 5.74) is 0.898. The third-order valence-corrected chi connectivity index (χ3v) is 1.66. The number of fused-ring (bicyclic) bond motifs is 1. The van der Waals surface area contributed by atoms with Crippen LogP contribution < -0.4 is 0 Å². The molecular formula is C8H5FN2O. The normalized spacial score (nSPS) is 10.4. The molecule has 2 heterocycles. The van der Waals surface area contributed by atoms with Crippen molar-refractivity contribution in [2.24, 2.45) is 0 Å². The molecule has 0 spiro atoms. The lowest BCUT2D eigenvalue weighted by atomic mass is 10.2. The van der Waals surface area contributed by atoms with Gasteiger partial charge in [0, 0.05) is 17.1 Å². The van der Waals surface area contributed by atoms with E-state index in [9.17, 15) is 9.18 Å². The maximum atomic E-state index is 12.5. The van der Waals surface area contributed by atoms with Gasteiger partial charge < -0.3 is 4.98 Å². The quantitative estimate of drug-likeness (QED) is 0.513. The van der Waals surface area contributed by atoms with Gasteiger partial charge in [-0.25, -0.2) is 4.98 Å². The second-order valence-electron chi connectivity index (χ2n) is 2.39. The van der Waals surface area contributed by atoms with E-state index >= 15 is 0 Å². The van der Waals surface area contributed by atoms with Gasteiger partial charge in [0.1, 0.15) is 5.65 Å². The van der Waals surface area contributed by atoms with Gasteiger partial charge in [0.25, 0.3) is 0 Å². The van der Waals surface area contributed by atoms with Crippen LogP contribution in [0.4, 0.5) is 4.39 Å². The smallest absolute Gasteiger partial charge is 0.214 e. The Morgan fingerprint density at radius 3 is 3.08 bits per heavy atom. The van der Waals surface area contributed by atoms with Gasteiger partial charge in [0.05, 0.1) is 0 Å². The van der Waals surface area contributed by atoms with Gasteiger partial charge in [0.15, 0.2) is 6.29 Å². The second kappa shape index (κ2) is 2.41. The number of pyridine rings is 1. The fourth-order valence-corrected chi connectivity index (χ4v) is 1.10. The lowest BCUT2D eigenvalue weighted by molar-refractivity contribution is 0.112. The zero-order valence-corrected chi connectivity index (χ0v) is 6.04. The summed E-state index contributed by atoms with van der Waals surface area (Å²) in [6.45, 7) is 0. The molecule has 60 valence electrons. The SMILES string of the molecule is O=Cc1c[nH]c2nc(F)ccc12. The molecule has 0 aliphatic heterocycles. The summed E-state index contributed by atoms with van der Waals surface area (Å²) in [6, 6.07) is 2.75. The van der Waals surface area contributed by atoms with Crippen LogP contribution in [0.5, 0.6) is 0 Å². The fraction of sp³-hybridized carbons (Fsp3) is 0. The van der Waals surface area contributed by atoms with Crippen LogP contribution in [-0.2, 0) is 0 Å². The molecule has 2 aromatic rings. The van der Waals surface area contributed by atoms with Crippen molar-refractivity contribution in [3.63, 3.8) is 0 Å². The number of aromatic nitrogens is 2. The molecule has 0 saturated heterocycles. The third kappa shape index (κ3) is 0.887. The first-order valence-electron chi connectivity index (χ1n) is 3.40. The number of rotatable bonds is 1. The molecule has 0 aliphatic rings. The molecule has 0 amide bonds. The molecule has 1 N–H and O–H groups in total. The van der Waals surface area contributed by atoms with E-state index in [-0.39, 0.29) is 0 Å². The molecule has 0 atom stereocenters. The zero-order chi connectivity index (χ0) is 8.55. The highest BCUT2D eigenvalue weighted by molar-refractivity contribution is 5.95. The third-order valence-electron chi connectivity index (χ3n) is 1.66. The largest absolute Gasteiger partial charge is 0.345 e. The van der Waals surface area contributed by atoms with Crippen LogP contribution >= 0.6 is 0 Å². The van der Waals surface area contributed by atoms with E-state index in [2.05, 4.69) is 9.97 Å². The van der Waals surface area contributed by atoms with Gasteiger partial charge in [0.2, 0.25) is 5.95 Å². The highest BCUT2D eigenvalue weighted by Gasteiger charge is 2.03. The molecule has 0 unspecified atom stereocenters. The predicted octanol–water partition coefficient (Wildman–Crippen LogP) is 1.51. The van der Waals surface area contributed by atoms with Crippen molar-refractivity contribution in [1.29, 1.82) is 0 Å². The average molecular weight is 164 g/mol. The average Bonchev–Trinajstić information content (AvgIpc) is 2.46. The molecule has 0 bridgehead atoms. The van der Waals surface area contributed by atoms with Crippen molar-refractivity contribution < 1.29 is 9.18 Å². The Labute approximate surface area is 67.2 Å². The number of H-pyrrole nitrogens is 1. The van der Waals surface area contributed by atoms with Crippen LogP contribution in [0.25, 0.3) is 11.0 Å². The molecule has 0 aromatic carbocycles. The van der Waals surface area contributed by atoms with Gasteiger partial charge in [-0.3, -0.25) is 4.79 Å². The first-order chi connectivity index (χ1) is 5.81. The number of aldehydes is 1. The van der Waals surface area contributed by atoms with Crippen LogP contribution in [0.15, 0.2) is 18.3 Å². The Bertz CT molecular complexity index is 436. The monoisotopic (exact) mass is 164 g/mol. The lowest BCUT2D eigenvalue weighted by Gasteiger charge is -1.88. The first kappa shape index (κ1) is 6.97. The Morgan fingerprint density at radius 1 is 1.50 bits per heavy atom. The Kier molecular flexibility index (Phi) is 1.40. The van der Waals surface area contributed by atoms with Crippen molar-refractivity contribution in [2.45, 2.75) is 0 Å². The van der Waals surface area contributed by atoms with E-state index in [0.29, 0.717) is 22.9 Å². The number of nitrogens with one attached hydrogen (secondary N) is 1. The number of carbonyl (C=O) groups is 1. The van der Waals surface area contributed by atoms with Crippen molar-refractivity contribution in [1.82, 2.24) is 9.97 Å². The first-order valence-corrected chi connectivity index (χ1v) is 3.40. The van der Waals surface area contributed by atoms with Crippen molar-refractivity contribution in [2.75, 3.05) is 0 Å². The summed E-state index contributed by atoms with van der Waals surface area (Å²) in [7, 11) is 0. The highest BCUT2D eigenvalue weighted by Crippen LogP contribution is 2.14. The number of aromatic amines is 1. The molecule has 4 heteroatoms. The maximum absolute atomic E-state index is 12.5. The van der Waals surface area contributed by atoms with Crippen molar-refractivity contribution in [3.05, 3.63) is 29.8 Å². The molecule has 0 fully saturated rings. The van der Waals surface area contributed by atoms with Crippen molar-refractivity contribution in [3.8, 4) is 0 Å². The Balaban J connectivity index is 2.81. The lowest BCUT2D eigenvalue weighted by Crippen LogP contribution is -1.82. The molecule has 0 radical (unpaired) electrons. The number of nitrogens with zero attached hydrogens (tertiary/aromatic N) is 1. The summed E-state index contributed by atoms with van der Waals surface area (Å²) in [5, 5.41) is 0.645. The number of carbonyl (C=O) groups excluding carboxylic acids is 1. The molecular weight excluding hydrogens is 159 g/mol. The van der Waals surface area contributed by atoms with E-state index in [1.54, 1.807) is 0 Å². The maximum Gasteiger partial charge on any atom is 0.214 e. The summed E-state index contributed by atoms with van der Waals surface area (Å²) in [4.78, 5) is 16.7. The Morgan fingerprint density at radius 2 is 2.33 bits per heavy atom. The summed E-state index contributed by atoms with van der Waals surface area (Å²) >= 11 is 0. The van der Waals surface area contributed by atoms with Gasteiger partial charge >= 0.3 is 0 Å². The van der Waals surface area contributed by atoms with E-state index < -0.39 is 5.95 Å². The fourth-order valence-electron chi connectivity index (χ4n) is 1.10. The van der Waals surface area contributed by atoms with Crippen LogP contribution in [0.1, 0.15) is 10.4 Å². The molecule has 0 aliphatic carbocycles. The summed E-state index contributed by atoms with van der Waals surface area (Å²) in [6.07, 6.45) is 2.21. The predicted molar refractivity (Wildman–Crippen MR) is 41.4 cm³/mol. The minimum atomic E-state index is -0.554. The Hall–Kier alpha value is -1.71. The van der Waals surface area contributed by atoms with Gasteiger partial charge in [-0.2, -0.15) is 4.39 Å². The summed E-state index contributed by atoms with van der Waals surface area (Å²) < 4.78 is 12.5. The minimum absolute atomic E-state index is 0.400. The topological polar surface area (TPSA) is 45.8 Å². The standard InChI is InChI=1S/C8H5FN2O/c9-7-2-1-6-5(4-12)3-10-8(6)11-7/h1-4H,(H,10,11). The second-order valence-corrected chi connectivity index (χ2v) is 2.39. The number of hydrogen-bond donors (Lipinski definition) is 1. The van der Waals surface area contributed by atoms with Gasteiger partial charge in [-0.05, 0) is 12.1 Å². The summed E-state index contributed by atoms with van der Waals surface area (Å²) in [5.74, 6) is -0.554. The molecule has 3 nitrogen and oxygen atoms in total. The zero-order valence-electron chi connectivity index (χ0n) is 6.04. The molecule has 2 rings (SSSR count). The van der Waals surface area contributed by atoms with Crippen LogP contribution in [-0.4, -0.2) is 16.3 Å². The number of hydrogen-bond acceptors (Lipinski definition) is 2. The van der Waals surface area contributed by atoms with Gasteiger partial charge in [-0.15, -0.1) is 0 Å². The number of halogens is 1. The van der Waals surface area contributed by atoms with E-state index in [0.717, 1.165) is 0 Å². The van der Waals surface area contributed by atoms with Gasteiger partial charge in [-0.1, -0.05) is 0 Å².